The van der Waals surface area contributed by atoms with Crippen molar-refractivity contribution in [1.82, 2.24) is 19.7 Å². The predicted molar refractivity (Wildman–Crippen MR) is 76.3 cm³/mol. The molecule has 0 aromatic carbocycles. The molecule has 18 heavy (non-hydrogen) atoms. The molecule has 0 saturated carbocycles. The van der Waals surface area contributed by atoms with E-state index < -0.39 is 0 Å². The highest BCUT2D eigenvalue weighted by Gasteiger charge is 2.09. The summed E-state index contributed by atoms with van der Waals surface area (Å²) in [5.41, 5.74) is 6.72. The number of nitrogen functional groups attached to an aromatic ring is 1. The normalized spacial score (nSPS) is 11.6. The second-order valence-corrected chi connectivity index (χ2v) is 5.87. The third kappa shape index (κ3) is 2.93. The van der Waals surface area contributed by atoms with Crippen LogP contribution in [0.3, 0.4) is 0 Å². The smallest absolute Gasteiger partial charge is 0.163 e. The van der Waals surface area contributed by atoms with Crippen LogP contribution < -0.4 is 5.73 Å². The van der Waals surface area contributed by atoms with Gasteiger partial charge in [0.1, 0.15) is 11.6 Å². The summed E-state index contributed by atoms with van der Waals surface area (Å²) < 4.78 is 1.73. The SMILES string of the molecule is CC(C)CCSCc1nc(N)c2cnn(C)c2n1. The van der Waals surface area contributed by atoms with Crippen LogP contribution in [0.1, 0.15) is 26.1 Å². The van der Waals surface area contributed by atoms with Gasteiger partial charge < -0.3 is 5.73 Å². The van der Waals surface area contributed by atoms with E-state index in [0.717, 1.165) is 34.3 Å². The van der Waals surface area contributed by atoms with Crippen molar-refractivity contribution >= 4 is 28.6 Å². The first-order valence-electron chi connectivity index (χ1n) is 6.09. The monoisotopic (exact) mass is 265 g/mol. The summed E-state index contributed by atoms with van der Waals surface area (Å²) in [6.07, 6.45) is 2.93. The van der Waals surface area contributed by atoms with E-state index in [1.165, 1.54) is 6.42 Å². The largest absolute Gasteiger partial charge is 0.383 e. The highest BCUT2D eigenvalue weighted by Crippen LogP contribution is 2.19. The number of fused-ring (bicyclic) bond motifs is 1. The molecule has 0 saturated heterocycles. The molecule has 5 nitrogen and oxygen atoms in total. The predicted octanol–water partition coefficient (Wildman–Crippen LogP) is 2.22. The van der Waals surface area contributed by atoms with Gasteiger partial charge in [-0.15, -0.1) is 0 Å². The van der Waals surface area contributed by atoms with Crippen LogP contribution in [0.2, 0.25) is 0 Å². The first-order valence-corrected chi connectivity index (χ1v) is 7.25. The van der Waals surface area contributed by atoms with Crippen LogP contribution in [-0.2, 0) is 12.8 Å². The maximum Gasteiger partial charge on any atom is 0.163 e. The third-order valence-corrected chi connectivity index (χ3v) is 3.73. The molecule has 0 aliphatic rings. The Bertz CT molecular complexity index is 534. The van der Waals surface area contributed by atoms with Gasteiger partial charge in [0, 0.05) is 7.05 Å². The molecule has 0 bridgehead atoms. The summed E-state index contributed by atoms with van der Waals surface area (Å²) in [6, 6.07) is 0. The van der Waals surface area contributed by atoms with Gasteiger partial charge >= 0.3 is 0 Å². The zero-order valence-corrected chi connectivity index (χ0v) is 11.9. The van der Waals surface area contributed by atoms with Gasteiger partial charge in [-0.25, -0.2) is 9.97 Å². The van der Waals surface area contributed by atoms with E-state index in [2.05, 4.69) is 28.9 Å². The number of nitrogens with zero attached hydrogens (tertiary/aromatic N) is 4. The van der Waals surface area contributed by atoms with Crippen molar-refractivity contribution < 1.29 is 0 Å². The Morgan fingerprint density at radius 2 is 2.17 bits per heavy atom. The molecule has 0 aliphatic heterocycles. The highest BCUT2D eigenvalue weighted by molar-refractivity contribution is 7.98. The quantitative estimate of drug-likeness (QED) is 0.839. The van der Waals surface area contributed by atoms with Gasteiger partial charge in [0.25, 0.3) is 0 Å². The molecule has 98 valence electrons. The van der Waals surface area contributed by atoms with Gasteiger partial charge in [0.05, 0.1) is 17.3 Å². The fourth-order valence-corrected chi connectivity index (χ4v) is 2.73. The molecule has 2 rings (SSSR count). The van der Waals surface area contributed by atoms with Crippen molar-refractivity contribution in [2.75, 3.05) is 11.5 Å². The lowest BCUT2D eigenvalue weighted by atomic mass is 10.2. The second-order valence-electron chi connectivity index (χ2n) is 4.77. The zero-order valence-electron chi connectivity index (χ0n) is 11.1. The molecule has 2 heterocycles. The Hall–Kier alpha value is -1.30. The molecule has 0 atom stereocenters. The number of hydrogen-bond acceptors (Lipinski definition) is 5. The summed E-state index contributed by atoms with van der Waals surface area (Å²) in [4.78, 5) is 8.82. The van der Waals surface area contributed by atoms with E-state index in [1.807, 2.05) is 18.8 Å². The maximum atomic E-state index is 5.91. The number of hydrogen-bond donors (Lipinski definition) is 1. The molecule has 0 spiro atoms. The van der Waals surface area contributed by atoms with E-state index in [-0.39, 0.29) is 0 Å². The minimum atomic E-state index is 0.521. The lowest BCUT2D eigenvalue weighted by Gasteiger charge is -2.05. The Kier molecular flexibility index (Phi) is 4.06. The van der Waals surface area contributed by atoms with E-state index in [9.17, 15) is 0 Å². The number of nitrogens with two attached hydrogens (primary N) is 1. The minimum absolute atomic E-state index is 0.521. The van der Waals surface area contributed by atoms with Gasteiger partial charge in [-0.05, 0) is 18.1 Å². The Balaban J connectivity index is 2.07. The van der Waals surface area contributed by atoms with Crippen LogP contribution >= 0.6 is 11.8 Å². The third-order valence-electron chi connectivity index (χ3n) is 2.74. The fraction of sp³-hybridized carbons (Fsp3) is 0.583. The first kappa shape index (κ1) is 13.1. The molecule has 2 aromatic heterocycles. The molecular weight excluding hydrogens is 246 g/mol. The molecule has 2 N–H and O–H groups in total. The molecule has 0 radical (unpaired) electrons. The maximum absolute atomic E-state index is 5.91. The van der Waals surface area contributed by atoms with Crippen molar-refractivity contribution in [2.24, 2.45) is 13.0 Å². The molecule has 0 unspecified atom stereocenters. The standard InChI is InChI=1S/C12H19N5S/c1-8(2)4-5-18-7-10-15-11(13)9-6-14-17(3)12(9)16-10/h6,8H,4-5,7H2,1-3H3,(H2,13,15,16). The number of aromatic nitrogens is 4. The van der Waals surface area contributed by atoms with E-state index >= 15 is 0 Å². The second kappa shape index (κ2) is 5.56. The van der Waals surface area contributed by atoms with Crippen molar-refractivity contribution in [3.8, 4) is 0 Å². The average molecular weight is 265 g/mol. The molecule has 0 amide bonds. The summed E-state index contributed by atoms with van der Waals surface area (Å²) in [6.45, 7) is 4.47. The van der Waals surface area contributed by atoms with Crippen LogP contribution in [0.4, 0.5) is 5.82 Å². The van der Waals surface area contributed by atoms with Gasteiger partial charge in [-0.1, -0.05) is 13.8 Å². The summed E-state index contributed by atoms with van der Waals surface area (Å²) in [7, 11) is 1.87. The van der Waals surface area contributed by atoms with Crippen molar-refractivity contribution in [3.05, 3.63) is 12.0 Å². The van der Waals surface area contributed by atoms with Crippen LogP contribution in [0.15, 0.2) is 6.20 Å². The van der Waals surface area contributed by atoms with Crippen molar-refractivity contribution in [3.63, 3.8) is 0 Å². The topological polar surface area (TPSA) is 69.6 Å². The molecule has 2 aromatic rings. The Morgan fingerprint density at radius 1 is 1.39 bits per heavy atom. The molecule has 6 heteroatoms. The average Bonchev–Trinajstić information content (AvgIpc) is 2.67. The first-order chi connectivity index (χ1) is 8.58. The summed E-state index contributed by atoms with van der Waals surface area (Å²) >= 11 is 1.85. The summed E-state index contributed by atoms with van der Waals surface area (Å²) in [5.74, 6) is 3.98. The minimum Gasteiger partial charge on any atom is -0.383 e. The highest BCUT2D eigenvalue weighted by atomic mass is 32.2. The van der Waals surface area contributed by atoms with E-state index in [0.29, 0.717) is 5.82 Å². The van der Waals surface area contributed by atoms with Gasteiger partial charge in [0.15, 0.2) is 5.65 Å². The fourth-order valence-electron chi connectivity index (χ4n) is 1.64. The Morgan fingerprint density at radius 3 is 2.89 bits per heavy atom. The number of rotatable bonds is 5. The van der Waals surface area contributed by atoms with Crippen molar-refractivity contribution in [2.45, 2.75) is 26.0 Å². The summed E-state index contributed by atoms with van der Waals surface area (Å²) in [5, 5.41) is 4.97. The Labute approximate surface area is 111 Å². The van der Waals surface area contributed by atoms with E-state index in [4.69, 9.17) is 5.73 Å². The lowest BCUT2D eigenvalue weighted by Crippen LogP contribution is -2.02. The van der Waals surface area contributed by atoms with Crippen LogP contribution in [-0.4, -0.2) is 25.5 Å². The molecular formula is C12H19N5S. The van der Waals surface area contributed by atoms with Crippen molar-refractivity contribution in [1.29, 1.82) is 0 Å². The van der Waals surface area contributed by atoms with E-state index in [1.54, 1.807) is 10.9 Å². The molecule has 0 fully saturated rings. The lowest BCUT2D eigenvalue weighted by molar-refractivity contribution is 0.632. The number of thioether (sulfide) groups is 1. The van der Waals surface area contributed by atoms with Crippen LogP contribution in [0.25, 0.3) is 11.0 Å². The van der Waals surface area contributed by atoms with Gasteiger partial charge in [-0.2, -0.15) is 16.9 Å². The van der Waals surface area contributed by atoms with Gasteiger partial charge in [-0.3, -0.25) is 4.68 Å². The van der Waals surface area contributed by atoms with Gasteiger partial charge in [0.2, 0.25) is 0 Å². The number of aryl methyl sites for hydroxylation is 1. The zero-order chi connectivity index (χ0) is 13.1. The van der Waals surface area contributed by atoms with Crippen LogP contribution in [0, 0.1) is 5.92 Å². The number of anilines is 1. The molecule has 0 aliphatic carbocycles. The van der Waals surface area contributed by atoms with Crippen LogP contribution in [0.5, 0.6) is 0 Å².